The minimum atomic E-state index is 0.237. The fourth-order valence-electron chi connectivity index (χ4n) is 3.85. The zero-order valence-corrected chi connectivity index (χ0v) is 14.5. The Morgan fingerprint density at radius 1 is 1.24 bits per heavy atom. The van der Waals surface area contributed by atoms with Crippen LogP contribution in [0, 0.1) is 0 Å². The highest BCUT2D eigenvalue weighted by Gasteiger charge is 2.40. The quantitative estimate of drug-likeness (QED) is 0.825. The van der Waals surface area contributed by atoms with Crippen molar-refractivity contribution in [1.29, 1.82) is 0 Å². The van der Waals surface area contributed by atoms with Crippen molar-refractivity contribution in [3.63, 3.8) is 0 Å². The average Bonchev–Trinajstić information content (AvgIpc) is 2.89. The average molecular weight is 352 g/mol. The summed E-state index contributed by atoms with van der Waals surface area (Å²) in [6.45, 7) is 3.19. The molecule has 3 heteroatoms. The molecule has 1 N–H and O–H groups in total. The van der Waals surface area contributed by atoms with Crippen LogP contribution in [0.3, 0.4) is 0 Å². The molecule has 2 fully saturated rings. The van der Waals surface area contributed by atoms with Gasteiger partial charge in [-0.3, -0.25) is 0 Å². The minimum absolute atomic E-state index is 0.237. The summed E-state index contributed by atoms with van der Waals surface area (Å²) in [4.78, 5) is 0. The van der Waals surface area contributed by atoms with Crippen molar-refractivity contribution in [2.75, 3.05) is 6.54 Å². The lowest BCUT2D eigenvalue weighted by Gasteiger charge is -2.33. The maximum absolute atomic E-state index is 6.43. The highest BCUT2D eigenvalue weighted by molar-refractivity contribution is 9.10. The molecule has 1 saturated carbocycles. The lowest BCUT2D eigenvalue weighted by Crippen LogP contribution is -2.35. The van der Waals surface area contributed by atoms with E-state index in [-0.39, 0.29) is 5.60 Å². The Kier molecular flexibility index (Phi) is 5.03. The number of rotatable bonds is 4. The van der Waals surface area contributed by atoms with Gasteiger partial charge in [0.05, 0.1) is 11.7 Å². The fourth-order valence-corrected chi connectivity index (χ4v) is 4.48. The molecule has 2 atom stereocenters. The van der Waals surface area contributed by atoms with E-state index in [4.69, 9.17) is 4.74 Å². The summed E-state index contributed by atoms with van der Waals surface area (Å²) < 4.78 is 7.61. The minimum Gasteiger partial charge on any atom is -0.370 e. The van der Waals surface area contributed by atoms with Crippen LogP contribution in [0.4, 0.5) is 0 Å². The molecule has 0 bridgehead atoms. The van der Waals surface area contributed by atoms with Crippen LogP contribution in [0.1, 0.15) is 63.5 Å². The Hall–Kier alpha value is -0.380. The van der Waals surface area contributed by atoms with E-state index in [9.17, 15) is 0 Å². The van der Waals surface area contributed by atoms with Crippen LogP contribution >= 0.6 is 15.9 Å². The second-order valence-electron chi connectivity index (χ2n) is 6.67. The number of nitrogens with one attached hydrogen (secondary N) is 1. The summed E-state index contributed by atoms with van der Waals surface area (Å²) >= 11 is 3.64. The Bertz CT molecular complexity index is 470. The van der Waals surface area contributed by atoms with Crippen LogP contribution in [0.2, 0.25) is 0 Å². The van der Waals surface area contributed by atoms with Crippen LogP contribution in [0.15, 0.2) is 28.7 Å². The van der Waals surface area contributed by atoms with Gasteiger partial charge in [0.15, 0.2) is 0 Å². The van der Waals surface area contributed by atoms with Gasteiger partial charge in [0, 0.05) is 17.1 Å². The second kappa shape index (κ2) is 6.80. The summed E-state index contributed by atoms with van der Waals surface area (Å²) in [7, 11) is 0. The molecule has 1 aliphatic heterocycles. The zero-order valence-electron chi connectivity index (χ0n) is 12.9. The first kappa shape index (κ1) is 15.5. The van der Waals surface area contributed by atoms with Gasteiger partial charge in [0.1, 0.15) is 0 Å². The third kappa shape index (κ3) is 3.69. The standard InChI is InChI=1S/C18H26BrNO/c1-14(16-7-3-4-8-17(16)19)20-13-15-9-12-18(21-15)10-5-2-6-11-18/h3-4,7-8,14-15,20H,2,5-6,9-13H2,1H3/t14-,15?/m1/s1. The van der Waals surface area contributed by atoms with Crippen LogP contribution in [-0.4, -0.2) is 18.2 Å². The van der Waals surface area contributed by atoms with Crippen molar-refractivity contribution in [2.24, 2.45) is 0 Å². The highest BCUT2D eigenvalue weighted by atomic mass is 79.9. The summed E-state index contributed by atoms with van der Waals surface area (Å²) in [6, 6.07) is 8.80. The molecule has 0 radical (unpaired) electrons. The summed E-state index contributed by atoms with van der Waals surface area (Å²) in [6.07, 6.45) is 9.55. The van der Waals surface area contributed by atoms with Gasteiger partial charge >= 0.3 is 0 Å². The third-order valence-electron chi connectivity index (χ3n) is 5.13. The van der Waals surface area contributed by atoms with Gasteiger partial charge < -0.3 is 10.1 Å². The van der Waals surface area contributed by atoms with Gasteiger partial charge in [0.25, 0.3) is 0 Å². The number of halogens is 1. The number of benzene rings is 1. The normalized spacial score (nSPS) is 26.1. The van der Waals surface area contributed by atoms with Crippen molar-refractivity contribution in [3.05, 3.63) is 34.3 Å². The van der Waals surface area contributed by atoms with Gasteiger partial charge in [-0.15, -0.1) is 0 Å². The lowest BCUT2D eigenvalue weighted by molar-refractivity contribution is -0.0628. The van der Waals surface area contributed by atoms with Crippen molar-refractivity contribution in [3.8, 4) is 0 Å². The Morgan fingerprint density at radius 3 is 2.76 bits per heavy atom. The van der Waals surface area contributed by atoms with Gasteiger partial charge in [0.2, 0.25) is 0 Å². The molecule has 116 valence electrons. The topological polar surface area (TPSA) is 21.3 Å². The van der Waals surface area contributed by atoms with Crippen molar-refractivity contribution < 1.29 is 4.74 Å². The Morgan fingerprint density at radius 2 is 2.00 bits per heavy atom. The molecule has 0 aromatic heterocycles. The molecule has 1 aromatic rings. The van der Waals surface area contributed by atoms with Gasteiger partial charge in [-0.05, 0) is 44.2 Å². The zero-order chi connectivity index (χ0) is 14.7. The Labute approximate surface area is 136 Å². The monoisotopic (exact) mass is 351 g/mol. The molecule has 2 aliphatic rings. The van der Waals surface area contributed by atoms with E-state index in [2.05, 4.69) is 52.4 Å². The Balaban J connectivity index is 1.51. The van der Waals surface area contributed by atoms with Crippen molar-refractivity contribution in [1.82, 2.24) is 5.32 Å². The van der Waals surface area contributed by atoms with E-state index >= 15 is 0 Å². The van der Waals surface area contributed by atoms with E-state index < -0.39 is 0 Å². The first-order valence-corrected chi connectivity index (χ1v) is 9.13. The molecule has 1 heterocycles. The molecule has 0 amide bonds. The number of ether oxygens (including phenoxy) is 1. The van der Waals surface area contributed by atoms with Crippen LogP contribution < -0.4 is 5.32 Å². The molecule has 1 spiro atoms. The molecule has 1 saturated heterocycles. The van der Waals surface area contributed by atoms with E-state index in [1.807, 2.05) is 0 Å². The third-order valence-corrected chi connectivity index (χ3v) is 5.85. The maximum Gasteiger partial charge on any atom is 0.0708 e. The predicted molar refractivity (Wildman–Crippen MR) is 90.5 cm³/mol. The largest absolute Gasteiger partial charge is 0.370 e. The molecule has 3 rings (SSSR count). The van der Waals surface area contributed by atoms with Crippen LogP contribution in [-0.2, 0) is 4.74 Å². The summed E-state index contributed by atoms with van der Waals surface area (Å²) in [5.41, 5.74) is 1.56. The summed E-state index contributed by atoms with van der Waals surface area (Å²) in [5.74, 6) is 0. The van der Waals surface area contributed by atoms with Crippen LogP contribution in [0.25, 0.3) is 0 Å². The van der Waals surface area contributed by atoms with E-state index in [0.717, 1.165) is 6.54 Å². The second-order valence-corrected chi connectivity index (χ2v) is 7.53. The van der Waals surface area contributed by atoms with Gasteiger partial charge in [-0.1, -0.05) is 53.4 Å². The van der Waals surface area contributed by atoms with Crippen molar-refractivity contribution in [2.45, 2.75) is 69.6 Å². The van der Waals surface area contributed by atoms with Crippen molar-refractivity contribution >= 4 is 15.9 Å². The highest BCUT2D eigenvalue weighted by Crippen LogP contribution is 2.41. The number of hydrogen-bond donors (Lipinski definition) is 1. The van der Waals surface area contributed by atoms with Gasteiger partial charge in [-0.25, -0.2) is 0 Å². The molecule has 1 aliphatic carbocycles. The first-order chi connectivity index (χ1) is 10.2. The molecule has 1 unspecified atom stereocenters. The molecular weight excluding hydrogens is 326 g/mol. The van der Waals surface area contributed by atoms with Crippen LogP contribution in [0.5, 0.6) is 0 Å². The van der Waals surface area contributed by atoms with Gasteiger partial charge in [-0.2, -0.15) is 0 Å². The lowest BCUT2D eigenvalue weighted by atomic mass is 9.83. The summed E-state index contributed by atoms with van der Waals surface area (Å²) in [5, 5.41) is 3.65. The fraction of sp³-hybridized carbons (Fsp3) is 0.667. The molecule has 1 aromatic carbocycles. The maximum atomic E-state index is 6.43. The molecule has 21 heavy (non-hydrogen) atoms. The smallest absolute Gasteiger partial charge is 0.0708 e. The number of hydrogen-bond acceptors (Lipinski definition) is 2. The molecular formula is C18H26BrNO. The molecule has 2 nitrogen and oxygen atoms in total. The first-order valence-electron chi connectivity index (χ1n) is 8.34. The SMILES string of the molecule is C[C@@H](NCC1CCC2(CCCCC2)O1)c1ccccc1Br. The van der Waals surface area contributed by atoms with E-state index in [0.29, 0.717) is 12.1 Å². The van der Waals surface area contributed by atoms with E-state index in [1.165, 1.54) is 55.0 Å². The predicted octanol–water partition coefficient (Wildman–Crippen LogP) is 4.98. The van der Waals surface area contributed by atoms with E-state index in [1.54, 1.807) is 0 Å².